The number of rotatable bonds is 18. The van der Waals surface area contributed by atoms with Crippen molar-refractivity contribution in [2.45, 2.75) is 82.7 Å². The number of fused-ring (bicyclic) bond motifs is 1. The van der Waals surface area contributed by atoms with Crippen molar-refractivity contribution in [3.05, 3.63) is 59.2 Å². The minimum absolute atomic E-state index is 0.0312. The van der Waals surface area contributed by atoms with E-state index in [4.69, 9.17) is 0 Å². The van der Waals surface area contributed by atoms with Crippen LogP contribution in [0.3, 0.4) is 0 Å². The van der Waals surface area contributed by atoms with E-state index >= 15 is 0 Å². The number of nitrogens with zero attached hydrogens (tertiary/aromatic N) is 1. The van der Waals surface area contributed by atoms with Crippen molar-refractivity contribution in [2.24, 2.45) is 0 Å². The van der Waals surface area contributed by atoms with Gasteiger partial charge in [-0.05, 0) is 104 Å². The molecule has 11 heteroatoms. The van der Waals surface area contributed by atoms with Gasteiger partial charge in [-0.25, -0.2) is 0 Å². The monoisotopic (exact) mass is 645 g/mol. The highest BCUT2D eigenvalue weighted by atomic mass is 32.2. The summed E-state index contributed by atoms with van der Waals surface area (Å²) < 4.78 is 75.0. The first-order valence-corrected chi connectivity index (χ1v) is 16.9. The Labute approximate surface area is 260 Å². The molecule has 1 unspecified atom stereocenters. The molecule has 0 saturated carbocycles. The molecule has 1 atom stereocenters. The third-order valence-corrected chi connectivity index (χ3v) is 9.52. The first kappa shape index (κ1) is 36.1. The van der Waals surface area contributed by atoms with Crippen molar-refractivity contribution in [1.82, 2.24) is 4.90 Å². The van der Waals surface area contributed by atoms with Crippen molar-refractivity contribution in [3.63, 3.8) is 0 Å². The normalized spacial score (nSPS) is 15.0. The fourth-order valence-corrected chi connectivity index (χ4v) is 6.89. The number of phenolic OH excluding ortho intramolecular Hbond substituents is 2. The van der Waals surface area contributed by atoms with Crippen LogP contribution in [0.25, 0.3) is 11.1 Å². The van der Waals surface area contributed by atoms with Crippen molar-refractivity contribution in [2.75, 3.05) is 37.7 Å². The first-order valence-electron chi connectivity index (χ1n) is 15.4. The zero-order valence-electron chi connectivity index (χ0n) is 25.1. The maximum Gasteiger partial charge on any atom is 0.453 e. The first-order chi connectivity index (χ1) is 20.9. The number of benzene rings is 2. The fraction of sp³-hybridized carbons (Fsp3) is 0.576. The highest BCUT2D eigenvalue weighted by molar-refractivity contribution is 7.91. The summed E-state index contributed by atoms with van der Waals surface area (Å²) in [6.45, 7) is 1.73. The van der Waals surface area contributed by atoms with Gasteiger partial charge in [0.1, 0.15) is 23.0 Å². The summed E-state index contributed by atoms with van der Waals surface area (Å²) >= 11 is -1.47. The Morgan fingerprint density at radius 2 is 1.50 bits per heavy atom. The van der Waals surface area contributed by atoms with E-state index in [0.29, 0.717) is 19.5 Å². The van der Waals surface area contributed by atoms with E-state index in [1.54, 1.807) is 18.2 Å². The Kier molecular flexibility index (Phi) is 14.3. The van der Waals surface area contributed by atoms with Crippen LogP contribution in [0.15, 0.2) is 42.5 Å². The van der Waals surface area contributed by atoms with E-state index in [9.17, 15) is 41.8 Å². The second kappa shape index (κ2) is 17.4. The van der Waals surface area contributed by atoms with Gasteiger partial charge in [0.05, 0.1) is 6.61 Å². The van der Waals surface area contributed by atoms with Gasteiger partial charge in [-0.15, -0.1) is 0 Å². The van der Waals surface area contributed by atoms with Crippen molar-refractivity contribution in [1.29, 1.82) is 0 Å². The second-order valence-electron chi connectivity index (χ2n) is 11.4. The molecule has 0 spiro atoms. The number of aromatic hydroxyl groups is 2. The lowest BCUT2D eigenvalue weighted by Crippen LogP contribution is -2.36. The van der Waals surface area contributed by atoms with E-state index in [0.717, 1.165) is 74.6 Å². The Morgan fingerprint density at radius 1 is 0.795 bits per heavy atom. The Bertz CT molecular complexity index is 1210. The number of phenols is 2. The number of alkyl halides is 5. The summed E-state index contributed by atoms with van der Waals surface area (Å²) in [4.78, 5) is 2.06. The van der Waals surface area contributed by atoms with Gasteiger partial charge in [-0.1, -0.05) is 42.2 Å². The van der Waals surface area contributed by atoms with Crippen LogP contribution in [-0.2, 0) is 17.6 Å². The largest absolute Gasteiger partial charge is 0.616 e. The van der Waals surface area contributed by atoms with Crippen LogP contribution in [-0.4, -0.2) is 74.6 Å². The standard InChI is InChI=1S/C33H44F5NO4S/c34-32(35,33(36,37)38)16-7-21-44(43)22-8-18-39(19-20-40)17-4-2-1-3-12-31-29(25-9-5-11-27(41)23-25)13-6-10-26-24-28(42)14-15-30(26)31/h5,9,11,14-15,23-24,40-42H,1-4,6-8,10,12-13,16-22H2. The molecular weight excluding hydrogens is 601 g/mol. The van der Waals surface area contributed by atoms with E-state index in [2.05, 4.69) is 4.90 Å². The van der Waals surface area contributed by atoms with Gasteiger partial charge >= 0.3 is 12.1 Å². The third-order valence-electron chi connectivity index (χ3n) is 8.04. The number of halogens is 5. The van der Waals surface area contributed by atoms with Crippen LogP contribution in [0.1, 0.15) is 80.9 Å². The minimum Gasteiger partial charge on any atom is -0.616 e. The molecule has 0 amide bonds. The average Bonchev–Trinajstić information content (AvgIpc) is 3.13. The predicted molar refractivity (Wildman–Crippen MR) is 165 cm³/mol. The molecule has 2 aromatic carbocycles. The van der Waals surface area contributed by atoms with E-state index < -0.39 is 36.1 Å². The summed E-state index contributed by atoms with van der Waals surface area (Å²) in [6, 6.07) is 12.9. The Balaban J connectivity index is 1.45. The summed E-state index contributed by atoms with van der Waals surface area (Å²) in [5, 5.41) is 29.6. The van der Waals surface area contributed by atoms with Gasteiger partial charge < -0.3 is 24.8 Å². The van der Waals surface area contributed by atoms with E-state index in [-0.39, 0.29) is 29.6 Å². The molecule has 1 aliphatic carbocycles. The molecule has 0 aliphatic heterocycles. The fourth-order valence-electron chi connectivity index (χ4n) is 5.76. The van der Waals surface area contributed by atoms with Crippen LogP contribution in [0.2, 0.25) is 0 Å². The molecule has 0 bridgehead atoms. The zero-order chi connectivity index (χ0) is 32.2. The number of hydrogen-bond donors (Lipinski definition) is 3. The Hall–Kier alpha value is -2.34. The van der Waals surface area contributed by atoms with Gasteiger partial charge in [-0.3, -0.25) is 0 Å². The number of aryl methyl sites for hydroxylation is 1. The average molecular weight is 646 g/mol. The Morgan fingerprint density at radius 3 is 2.23 bits per heavy atom. The quantitative estimate of drug-likeness (QED) is 0.0879. The summed E-state index contributed by atoms with van der Waals surface area (Å²) in [6.07, 6.45) is 0.500. The number of allylic oxidation sites excluding steroid dienone is 2. The summed E-state index contributed by atoms with van der Waals surface area (Å²) in [7, 11) is 0. The lowest BCUT2D eigenvalue weighted by Gasteiger charge is -2.22. The molecule has 1 aliphatic rings. The van der Waals surface area contributed by atoms with Gasteiger partial charge in [-0.2, -0.15) is 22.0 Å². The van der Waals surface area contributed by atoms with Crippen LogP contribution in [0.4, 0.5) is 22.0 Å². The topological polar surface area (TPSA) is 87.0 Å². The SMILES string of the molecule is [O-][S+](CCCN(CCO)CCCCCCC1=C(c2cccc(O)c2)CCCc2cc(O)ccc21)CCCC(F)(F)C(F)(F)F. The molecule has 246 valence electrons. The van der Waals surface area contributed by atoms with E-state index in [1.165, 1.54) is 11.1 Å². The minimum atomic E-state index is -5.59. The highest BCUT2D eigenvalue weighted by Gasteiger charge is 2.56. The van der Waals surface area contributed by atoms with Crippen molar-refractivity contribution in [3.8, 4) is 11.5 Å². The summed E-state index contributed by atoms with van der Waals surface area (Å²) in [5.41, 5.74) is 5.78. The molecule has 2 aromatic rings. The molecule has 0 fully saturated rings. The number of aliphatic hydroxyl groups is 1. The van der Waals surface area contributed by atoms with Gasteiger partial charge in [0.2, 0.25) is 0 Å². The van der Waals surface area contributed by atoms with Crippen LogP contribution in [0, 0.1) is 0 Å². The molecule has 5 nitrogen and oxygen atoms in total. The smallest absolute Gasteiger partial charge is 0.453 e. The molecular formula is C33H44F5NO4S. The van der Waals surface area contributed by atoms with Crippen LogP contribution in [0.5, 0.6) is 11.5 Å². The van der Waals surface area contributed by atoms with Gasteiger partial charge in [0.25, 0.3) is 0 Å². The van der Waals surface area contributed by atoms with E-state index in [1.807, 2.05) is 24.3 Å². The van der Waals surface area contributed by atoms with Gasteiger partial charge in [0.15, 0.2) is 0 Å². The predicted octanol–water partition coefficient (Wildman–Crippen LogP) is 7.71. The summed E-state index contributed by atoms with van der Waals surface area (Å²) in [5.74, 6) is -4.25. The second-order valence-corrected chi connectivity index (χ2v) is 13.1. The third kappa shape index (κ3) is 11.2. The number of aliphatic hydroxyl groups excluding tert-OH is 1. The van der Waals surface area contributed by atoms with Gasteiger partial charge in [0, 0.05) is 25.9 Å². The van der Waals surface area contributed by atoms with Crippen molar-refractivity contribution < 1.29 is 41.8 Å². The lowest BCUT2D eigenvalue weighted by molar-refractivity contribution is -0.284. The maximum atomic E-state index is 13.0. The van der Waals surface area contributed by atoms with Crippen LogP contribution >= 0.6 is 0 Å². The number of hydrogen-bond acceptors (Lipinski definition) is 5. The molecule has 44 heavy (non-hydrogen) atoms. The maximum absolute atomic E-state index is 13.0. The van der Waals surface area contributed by atoms with Crippen molar-refractivity contribution >= 4 is 22.3 Å². The molecule has 0 saturated heterocycles. The highest BCUT2D eigenvalue weighted by Crippen LogP contribution is 2.41. The zero-order valence-corrected chi connectivity index (χ0v) is 25.9. The lowest BCUT2D eigenvalue weighted by atomic mass is 9.89. The van der Waals surface area contributed by atoms with Crippen LogP contribution < -0.4 is 0 Å². The number of unbranched alkanes of at least 4 members (excludes halogenated alkanes) is 3. The molecule has 3 N–H and O–H groups in total. The molecule has 3 rings (SSSR count). The molecule has 0 heterocycles. The molecule has 0 radical (unpaired) electrons. The molecule has 0 aromatic heterocycles.